The third-order valence-electron chi connectivity index (χ3n) is 2.73. The molecule has 6 heteroatoms. The summed E-state index contributed by atoms with van der Waals surface area (Å²) >= 11 is 0. The van der Waals surface area contributed by atoms with Gasteiger partial charge >= 0.3 is 0 Å². The van der Waals surface area contributed by atoms with Crippen molar-refractivity contribution in [3.05, 3.63) is 29.8 Å². The van der Waals surface area contributed by atoms with Gasteiger partial charge in [0.15, 0.2) is 5.82 Å². The number of para-hydroxylation sites is 2. The smallest absolute Gasteiger partial charge is 0.151 e. The predicted molar refractivity (Wildman–Crippen MR) is 69.7 cm³/mol. The molecule has 1 aromatic heterocycles. The molecule has 0 aliphatic heterocycles. The zero-order valence-electron chi connectivity index (χ0n) is 10.1. The van der Waals surface area contributed by atoms with Gasteiger partial charge in [0, 0.05) is 18.6 Å². The normalized spacial score (nSPS) is 10.6. The third-order valence-corrected chi connectivity index (χ3v) is 2.73. The Morgan fingerprint density at radius 3 is 2.72 bits per heavy atom. The summed E-state index contributed by atoms with van der Waals surface area (Å²) in [6.07, 6.45) is 0.382. The van der Waals surface area contributed by atoms with Crippen LogP contribution in [0.3, 0.4) is 0 Å². The van der Waals surface area contributed by atoms with Crippen LogP contribution in [0.25, 0.3) is 5.69 Å². The second kappa shape index (κ2) is 4.97. The van der Waals surface area contributed by atoms with E-state index in [2.05, 4.69) is 5.10 Å². The maximum absolute atomic E-state index is 8.98. The Labute approximate surface area is 105 Å². The first-order chi connectivity index (χ1) is 8.69. The van der Waals surface area contributed by atoms with Gasteiger partial charge in [-0.3, -0.25) is 0 Å². The summed E-state index contributed by atoms with van der Waals surface area (Å²) in [6.45, 7) is -0.0218. The monoisotopic (exact) mass is 248 g/mol. The van der Waals surface area contributed by atoms with Crippen molar-refractivity contribution in [2.75, 3.05) is 25.2 Å². The number of methoxy groups -OCH3 is 1. The molecule has 0 saturated carbocycles. The van der Waals surface area contributed by atoms with Gasteiger partial charge in [-0.05, 0) is 12.1 Å². The highest BCUT2D eigenvalue weighted by atomic mass is 16.5. The summed E-state index contributed by atoms with van der Waals surface area (Å²) in [4.78, 5) is 0. The lowest BCUT2D eigenvalue weighted by atomic mass is 10.2. The van der Waals surface area contributed by atoms with Crippen LogP contribution < -0.4 is 16.2 Å². The van der Waals surface area contributed by atoms with E-state index < -0.39 is 0 Å². The highest BCUT2D eigenvalue weighted by molar-refractivity contribution is 5.60. The molecule has 18 heavy (non-hydrogen) atoms. The number of hydrogen-bond acceptors (Lipinski definition) is 5. The summed E-state index contributed by atoms with van der Waals surface area (Å²) in [7, 11) is 1.58. The molecular weight excluding hydrogens is 232 g/mol. The lowest BCUT2D eigenvalue weighted by Crippen LogP contribution is -2.05. The molecule has 2 aromatic rings. The lowest BCUT2D eigenvalue weighted by molar-refractivity contribution is 0.300. The van der Waals surface area contributed by atoms with E-state index in [1.54, 1.807) is 7.11 Å². The van der Waals surface area contributed by atoms with Crippen LogP contribution in [0.2, 0.25) is 0 Å². The molecule has 0 aliphatic carbocycles. The maximum Gasteiger partial charge on any atom is 0.151 e. The van der Waals surface area contributed by atoms with Crippen LogP contribution in [0.1, 0.15) is 5.56 Å². The van der Waals surface area contributed by atoms with E-state index >= 15 is 0 Å². The minimum Gasteiger partial charge on any atom is -0.494 e. The molecule has 1 aromatic carbocycles. The topological polar surface area (TPSA) is 99.3 Å². The van der Waals surface area contributed by atoms with Gasteiger partial charge in [-0.1, -0.05) is 12.1 Å². The van der Waals surface area contributed by atoms with E-state index in [0.717, 1.165) is 0 Å². The Bertz CT molecular complexity index is 551. The van der Waals surface area contributed by atoms with Crippen molar-refractivity contribution < 1.29 is 9.84 Å². The van der Waals surface area contributed by atoms with E-state index in [1.165, 1.54) is 4.68 Å². The minimum atomic E-state index is -0.0218. The zero-order valence-corrected chi connectivity index (χ0v) is 10.1. The molecule has 0 fully saturated rings. The van der Waals surface area contributed by atoms with Crippen molar-refractivity contribution in [3.8, 4) is 11.4 Å². The summed E-state index contributed by atoms with van der Waals surface area (Å²) in [6, 6.07) is 7.38. The lowest BCUT2D eigenvalue weighted by Gasteiger charge is -2.09. The second-order valence-corrected chi connectivity index (χ2v) is 3.81. The number of benzene rings is 1. The van der Waals surface area contributed by atoms with E-state index in [0.29, 0.717) is 35.1 Å². The van der Waals surface area contributed by atoms with Crippen LogP contribution in [0.5, 0.6) is 5.75 Å². The van der Waals surface area contributed by atoms with Gasteiger partial charge in [0.2, 0.25) is 0 Å². The SMILES string of the molecule is COc1ccccc1-n1nc(N)c(CCO)c1N. The number of ether oxygens (including phenoxy) is 1. The van der Waals surface area contributed by atoms with Crippen molar-refractivity contribution >= 4 is 11.6 Å². The molecular formula is C12H16N4O2. The van der Waals surface area contributed by atoms with Crippen molar-refractivity contribution in [3.63, 3.8) is 0 Å². The average Bonchev–Trinajstić information content (AvgIpc) is 2.67. The molecule has 0 unspecified atom stereocenters. The van der Waals surface area contributed by atoms with E-state index in [4.69, 9.17) is 21.3 Å². The first-order valence-electron chi connectivity index (χ1n) is 5.56. The average molecular weight is 248 g/mol. The Morgan fingerprint density at radius 1 is 1.33 bits per heavy atom. The molecule has 0 spiro atoms. The number of nitrogen functional groups attached to an aromatic ring is 2. The summed E-state index contributed by atoms with van der Waals surface area (Å²) < 4.78 is 6.78. The van der Waals surface area contributed by atoms with Gasteiger partial charge in [-0.15, -0.1) is 5.10 Å². The molecule has 2 rings (SSSR count). The predicted octanol–water partition coefficient (Wildman–Crippen LogP) is 0.580. The van der Waals surface area contributed by atoms with Gasteiger partial charge in [0.25, 0.3) is 0 Å². The van der Waals surface area contributed by atoms with Crippen LogP contribution in [0.15, 0.2) is 24.3 Å². The van der Waals surface area contributed by atoms with Gasteiger partial charge in [0.05, 0.1) is 7.11 Å². The number of nitrogens with two attached hydrogens (primary N) is 2. The fourth-order valence-electron chi connectivity index (χ4n) is 1.84. The molecule has 1 heterocycles. The molecule has 0 amide bonds. The van der Waals surface area contributed by atoms with Crippen molar-refractivity contribution in [2.45, 2.75) is 6.42 Å². The largest absolute Gasteiger partial charge is 0.494 e. The van der Waals surface area contributed by atoms with Crippen LogP contribution in [-0.4, -0.2) is 28.6 Å². The fraction of sp³-hybridized carbons (Fsp3) is 0.250. The molecule has 0 radical (unpaired) electrons. The molecule has 0 bridgehead atoms. The summed E-state index contributed by atoms with van der Waals surface area (Å²) in [5, 5.41) is 13.2. The number of aliphatic hydroxyl groups is 1. The number of hydrogen-bond donors (Lipinski definition) is 3. The fourth-order valence-corrected chi connectivity index (χ4v) is 1.84. The van der Waals surface area contributed by atoms with Crippen LogP contribution in [0, 0.1) is 0 Å². The van der Waals surface area contributed by atoms with Gasteiger partial charge in [-0.2, -0.15) is 0 Å². The number of rotatable bonds is 4. The standard InChI is InChI=1S/C12H16N4O2/c1-18-10-5-3-2-4-9(10)16-12(14)8(6-7-17)11(13)15-16/h2-5,17H,6-7,14H2,1H3,(H2,13,15). The molecule has 0 saturated heterocycles. The highest BCUT2D eigenvalue weighted by Gasteiger charge is 2.16. The summed E-state index contributed by atoms with van der Waals surface area (Å²) in [5.41, 5.74) is 13.2. The quantitative estimate of drug-likeness (QED) is 0.735. The molecule has 96 valence electrons. The number of aromatic nitrogens is 2. The van der Waals surface area contributed by atoms with Crippen LogP contribution in [-0.2, 0) is 6.42 Å². The maximum atomic E-state index is 8.98. The number of nitrogens with zero attached hydrogens (tertiary/aromatic N) is 2. The van der Waals surface area contributed by atoms with Gasteiger partial charge in [0.1, 0.15) is 17.3 Å². The molecule has 0 aliphatic rings. The van der Waals surface area contributed by atoms with Gasteiger partial charge in [-0.25, -0.2) is 4.68 Å². The number of anilines is 2. The Hall–Kier alpha value is -2.21. The van der Waals surface area contributed by atoms with E-state index in [1.807, 2.05) is 24.3 Å². The van der Waals surface area contributed by atoms with Crippen LogP contribution in [0.4, 0.5) is 11.6 Å². The zero-order chi connectivity index (χ0) is 13.1. The summed E-state index contributed by atoms with van der Waals surface area (Å²) in [5.74, 6) is 1.40. The third kappa shape index (κ3) is 1.98. The number of aliphatic hydroxyl groups excluding tert-OH is 1. The Balaban J connectivity index is 2.54. The van der Waals surface area contributed by atoms with Gasteiger partial charge < -0.3 is 21.3 Å². The molecule has 5 N–H and O–H groups in total. The molecule has 0 atom stereocenters. The van der Waals surface area contributed by atoms with E-state index in [-0.39, 0.29) is 6.61 Å². The van der Waals surface area contributed by atoms with Crippen LogP contribution >= 0.6 is 0 Å². The van der Waals surface area contributed by atoms with Crippen molar-refractivity contribution in [2.24, 2.45) is 0 Å². The Kier molecular flexibility index (Phi) is 3.38. The van der Waals surface area contributed by atoms with Crippen molar-refractivity contribution in [1.82, 2.24) is 9.78 Å². The highest BCUT2D eigenvalue weighted by Crippen LogP contribution is 2.28. The first kappa shape index (κ1) is 12.3. The Morgan fingerprint density at radius 2 is 2.06 bits per heavy atom. The second-order valence-electron chi connectivity index (χ2n) is 3.81. The first-order valence-corrected chi connectivity index (χ1v) is 5.56. The minimum absolute atomic E-state index is 0.0218. The van der Waals surface area contributed by atoms with Crippen molar-refractivity contribution in [1.29, 1.82) is 0 Å². The molecule has 6 nitrogen and oxygen atoms in total. The van der Waals surface area contributed by atoms with E-state index in [9.17, 15) is 0 Å².